The first-order chi connectivity index (χ1) is 22.2. The van der Waals surface area contributed by atoms with E-state index in [1.54, 1.807) is 12.1 Å². The molecular weight excluding hydrogens is 618 g/mol. The minimum absolute atomic E-state index is 0.0778. The van der Waals surface area contributed by atoms with Crippen LogP contribution < -0.4 is 4.90 Å². The van der Waals surface area contributed by atoms with Gasteiger partial charge in [-0.05, 0) is 63.5 Å². The van der Waals surface area contributed by atoms with Crippen LogP contribution in [0.3, 0.4) is 0 Å². The summed E-state index contributed by atoms with van der Waals surface area (Å²) >= 11 is 0. The van der Waals surface area contributed by atoms with Gasteiger partial charge in [0.25, 0.3) is 21.9 Å². The summed E-state index contributed by atoms with van der Waals surface area (Å²) in [7, 11) is -0.289. The summed E-state index contributed by atoms with van der Waals surface area (Å²) in [6.07, 6.45) is 13.5. The maximum absolute atomic E-state index is 12.2. The molecule has 2 amide bonds. The van der Waals surface area contributed by atoms with Gasteiger partial charge in [-0.2, -0.15) is 13.0 Å². The van der Waals surface area contributed by atoms with E-state index in [1.165, 1.54) is 11.6 Å². The number of carbonyl (C=O) groups excluding carboxylic acids is 3. The highest BCUT2D eigenvalue weighted by Gasteiger charge is 2.44. The van der Waals surface area contributed by atoms with E-state index in [0.29, 0.717) is 11.5 Å². The third-order valence-electron chi connectivity index (χ3n) is 9.58. The summed E-state index contributed by atoms with van der Waals surface area (Å²) in [4.78, 5) is 42.7. The van der Waals surface area contributed by atoms with Gasteiger partial charge in [0.1, 0.15) is 7.05 Å². The molecule has 0 aromatic heterocycles. The normalized spacial score (nSPS) is 21.5. The Morgan fingerprint density at radius 3 is 2.38 bits per heavy atom. The fourth-order valence-electron chi connectivity index (χ4n) is 6.99. The number of rotatable bonds is 11. The number of allylic oxidation sites excluding steroid dienone is 6. The van der Waals surface area contributed by atoms with Gasteiger partial charge < -0.3 is 9.74 Å². The monoisotopic (exact) mass is 660 g/mol. The van der Waals surface area contributed by atoms with Crippen LogP contribution in [0.1, 0.15) is 76.8 Å². The number of hydrogen-bond donors (Lipinski definition) is 1. The molecule has 11 heteroatoms. The Morgan fingerprint density at radius 2 is 1.68 bits per heavy atom. The highest BCUT2D eigenvalue weighted by Crippen LogP contribution is 2.50. The number of nitrogens with zero attached hydrogens (tertiary/aromatic N) is 3. The zero-order chi connectivity index (χ0) is 34.1. The van der Waals surface area contributed by atoms with E-state index in [1.807, 2.05) is 55.8 Å². The molecule has 5 rings (SSSR count). The molecule has 1 unspecified atom stereocenters. The van der Waals surface area contributed by atoms with Gasteiger partial charge in [0.05, 0.1) is 10.3 Å². The fraction of sp³-hybridized carbons (Fsp3) is 0.389. The molecule has 0 saturated carbocycles. The van der Waals surface area contributed by atoms with Gasteiger partial charge in [0.2, 0.25) is 5.69 Å². The predicted octanol–water partition coefficient (Wildman–Crippen LogP) is 5.90. The average Bonchev–Trinajstić information content (AvgIpc) is 3.52. The number of benzene rings is 2. The number of hydrogen-bond acceptors (Lipinski definition) is 7. The van der Waals surface area contributed by atoms with Crippen molar-refractivity contribution in [2.45, 2.75) is 81.4 Å². The maximum Gasteiger partial charge on any atom is 0.333 e. The van der Waals surface area contributed by atoms with Crippen LogP contribution in [0.4, 0.5) is 11.4 Å². The molecule has 0 spiro atoms. The van der Waals surface area contributed by atoms with E-state index in [2.05, 4.69) is 43.1 Å². The van der Waals surface area contributed by atoms with Crippen molar-refractivity contribution in [1.82, 2.24) is 5.06 Å². The van der Waals surface area contributed by atoms with Crippen LogP contribution in [0.15, 0.2) is 83.4 Å². The Kier molecular flexibility index (Phi) is 9.43. The lowest BCUT2D eigenvalue weighted by molar-refractivity contribution is -0.401. The van der Waals surface area contributed by atoms with Crippen LogP contribution in [-0.2, 0) is 40.2 Å². The van der Waals surface area contributed by atoms with E-state index in [4.69, 9.17) is 4.84 Å². The van der Waals surface area contributed by atoms with Crippen LogP contribution >= 0.6 is 0 Å². The Balaban J connectivity index is 1.25. The number of imide groups is 1. The van der Waals surface area contributed by atoms with Gasteiger partial charge in [-0.3, -0.25) is 14.1 Å². The predicted molar refractivity (Wildman–Crippen MR) is 179 cm³/mol. The maximum atomic E-state index is 12.2. The molecule has 1 saturated heterocycles. The number of amides is 2. The van der Waals surface area contributed by atoms with E-state index < -0.39 is 33.3 Å². The van der Waals surface area contributed by atoms with Gasteiger partial charge in [0, 0.05) is 60.8 Å². The van der Waals surface area contributed by atoms with Crippen molar-refractivity contribution in [1.29, 1.82) is 0 Å². The third-order valence-corrected chi connectivity index (χ3v) is 10.4. The highest BCUT2D eigenvalue weighted by atomic mass is 32.2. The lowest BCUT2D eigenvalue weighted by Gasteiger charge is -2.29. The number of unbranched alkanes of at least 4 members (excludes halogenated alkanes) is 2. The SMILES string of the molecule is CN1\C(=C/C=C/C=C/C2=[N+](C)c3ccc(S(=O)(=O)O)cc3C2(C)C)C(C)(CCCCCC(=O)ON2C(=O)CCC2=O)c2ccccc21. The van der Waals surface area contributed by atoms with Gasteiger partial charge in [-0.15, -0.1) is 5.06 Å². The molecule has 2 aromatic rings. The Labute approximate surface area is 276 Å². The highest BCUT2D eigenvalue weighted by molar-refractivity contribution is 7.85. The van der Waals surface area contributed by atoms with Crippen LogP contribution in [0, 0.1) is 0 Å². The molecule has 0 bridgehead atoms. The van der Waals surface area contributed by atoms with Gasteiger partial charge in [0.15, 0.2) is 5.71 Å². The van der Waals surface area contributed by atoms with Crippen molar-refractivity contribution in [2.24, 2.45) is 0 Å². The number of anilines is 1. The largest absolute Gasteiger partial charge is 0.347 e. The molecule has 3 heterocycles. The van der Waals surface area contributed by atoms with Gasteiger partial charge in [-0.1, -0.05) is 49.3 Å². The number of likely N-dealkylation sites (N-methyl/N-ethyl adjacent to an activating group) is 1. The summed E-state index contributed by atoms with van der Waals surface area (Å²) in [6.45, 7) is 6.31. The summed E-state index contributed by atoms with van der Waals surface area (Å²) in [5.74, 6) is -1.51. The van der Waals surface area contributed by atoms with Crippen molar-refractivity contribution in [3.63, 3.8) is 0 Å². The fourth-order valence-corrected chi connectivity index (χ4v) is 7.50. The standard InChI is InChI=1S/C36H41N3O7S/c1-35(2)27-24-25(47(43,44)45)19-20-29(27)37(4)30(35)16-8-6-9-17-31-36(3,26-14-11-12-15-28(26)38(31)5)23-13-7-10-18-34(42)46-39-32(40)21-22-33(39)41/h6,8-9,11-12,14-17,19-20,24H,7,10,13,18,21-23H2,1-5H3/p+1. The number of para-hydroxylation sites is 1. The van der Waals surface area contributed by atoms with Crippen molar-refractivity contribution >= 4 is 45.0 Å². The molecule has 1 N–H and O–H groups in total. The van der Waals surface area contributed by atoms with E-state index in [9.17, 15) is 27.4 Å². The molecular formula is C36H42N3O7S+. The second-order valence-electron chi connectivity index (χ2n) is 13.0. The Morgan fingerprint density at radius 1 is 0.979 bits per heavy atom. The number of fused-ring (bicyclic) bond motifs is 2. The molecule has 47 heavy (non-hydrogen) atoms. The summed E-state index contributed by atoms with van der Waals surface area (Å²) in [5, 5.41) is 0.598. The van der Waals surface area contributed by atoms with Crippen molar-refractivity contribution < 1.29 is 36.8 Å². The van der Waals surface area contributed by atoms with Crippen LogP contribution in [0.2, 0.25) is 0 Å². The van der Waals surface area contributed by atoms with Crippen LogP contribution in [0.25, 0.3) is 0 Å². The lowest BCUT2D eigenvalue weighted by atomic mass is 9.77. The molecule has 0 radical (unpaired) electrons. The number of hydroxylamine groups is 2. The molecule has 2 aromatic carbocycles. The molecule has 3 aliphatic heterocycles. The second kappa shape index (κ2) is 13.0. The lowest BCUT2D eigenvalue weighted by Crippen LogP contribution is -2.31. The van der Waals surface area contributed by atoms with Crippen molar-refractivity contribution in [3.05, 3.63) is 89.7 Å². The van der Waals surface area contributed by atoms with Crippen LogP contribution in [0.5, 0.6) is 0 Å². The van der Waals surface area contributed by atoms with E-state index in [0.717, 1.165) is 47.6 Å². The van der Waals surface area contributed by atoms with Crippen molar-refractivity contribution in [2.75, 3.05) is 19.0 Å². The quantitative estimate of drug-likeness (QED) is 0.104. The first-order valence-electron chi connectivity index (χ1n) is 15.8. The first-order valence-corrected chi connectivity index (χ1v) is 17.3. The minimum atomic E-state index is -4.30. The Hall–Kier alpha value is -4.35. The molecule has 248 valence electrons. The zero-order valence-electron chi connectivity index (χ0n) is 27.5. The van der Waals surface area contributed by atoms with Crippen LogP contribution in [-0.4, -0.2) is 60.2 Å². The molecule has 1 fully saturated rings. The Bertz CT molecular complexity index is 1840. The van der Waals surface area contributed by atoms with Gasteiger partial charge >= 0.3 is 5.97 Å². The first kappa shape index (κ1) is 34.0. The summed E-state index contributed by atoms with van der Waals surface area (Å²) in [6, 6.07) is 13.1. The molecule has 3 aliphatic rings. The average molecular weight is 661 g/mol. The number of carbonyl (C=O) groups is 3. The topological polar surface area (TPSA) is 124 Å². The van der Waals surface area contributed by atoms with E-state index >= 15 is 0 Å². The zero-order valence-corrected chi connectivity index (χ0v) is 28.3. The summed E-state index contributed by atoms with van der Waals surface area (Å²) < 4.78 is 35.1. The van der Waals surface area contributed by atoms with Crippen molar-refractivity contribution in [3.8, 4) is 0 Å². The molecule has 10 nitrogen and oxygen atoms in total. The second-order valence-corrected chi connectivity index (χ2v) is 14.5. The van der Waals surface area contributed by atoms with E-state index in [-0.39, 0.29) is 29.6 Å². The molecule has 0 aliphatic carbocycles. The third kappa shape index (κ3) is 6.59. The summed E-state index contributed by atoms with van der Waals surface area (Å²) in [5.41, 5.74) is 5.55. The smallest absolute Gasteiger partial charge is 0.333 e. The van der Waals surface area contributed by atoms with Gasteiger partial charge in [-0.25, -0.2) is 4.79 Å². The minimum Gasteiger partial charge on any atom is -0.347 e. The molecule has 1 atom stereocenters.